The molecule has 0 unspecified atom stereocenters. The first-order valence-corrected chi connectivity index (χ1v) is 10.5. The lowest BCUT2D eigenvalue weighted by molar-refractivity contribution is 0.142. The number of halogens is 1. The van der Waals surface area contributed by atoms with Crippen LogP contribution in [0, 0.1) is 5.92 Å². The summed E-state index contributed by atoms with van der Waals surface area (Å²) in [4.78, 5) is 14.9. The van der Waals surface area contributed by atoms with Crippen molar-refractivity contribution in [2.24, 2.45) is 5.92 Å². The molecule has 1 saturated heterocycles. The molecule has 1 N–H and O–H groups in total. The van der Waals surface area contributed by atoms with Gasteiger partial charge in [-0.2, -0.15) is 0 Å². The SMILES string of the molecule is O=C(NCCN1CCC(COc2ccccc2)CC1)n1ccc2ccc(Cl)cc21. The monoisotopic (exact) mass is 411 g/mol. The van der Waals surface area contributed by atoms with Crippen molar-refractivity contribution in [3.8, 4) is 5.75 Å². The molecule has 4 rings (SSSR count). The molecule has 0 bridgehead atoms. The van der Waals surface area contributed by atoms with Crippen LogP contribution in [-0.4, -0.2) is 48.3 Å². The van der Waals surface area contributed by atoms with E-state index in [0.717, 1.165) is 55.7 Å². The minimum absolute atomic E-state index is 0.117. The summed E-state index contributed by atoms with van der Waals surface area (Å²) in [6.45, 7) is 4.35. The molecular weight excluding hydrogens is 386 g/mol. The van der Waals surface area contributed by atoms with E-state index in [2.05, 4.69) is 10.2 Å². The van der Waals surface area contributed by atoms with Crippen molar-refractivity contribution in [3.63, 3.8) is 0 Å². The second kappa shape index (κ2) is 9.33. The molecule has 1 fully saturated rings. The molecule has 152 valence electrons. The molecule has 1 aliphatic rings. The number of benzene rings is 2. The molecular formula is C23H26ClN3O2. The Morgan fingerprint density at radius 3 is 2.69 bits per heavy atom. The van der Waals surface area contributed by atoms with E-state index in [0.29, 0.717) is 17.5 Å². The standard InChI is InChI=1S/C23H26ClN3O2/c24-20-7-6-19-10-14-27(22(19)16-20)23(28)25-11-15-26-12-8-18(9-13-26)17-29-21-4-2-1-3-5-21/h1-7,10,14,16,18H,8-9,11-13,15,17H2,(H,25,28). The van der Waals surface area contributed by atoms with E-state index < -0.39 is 0 Å². The lowest BCUT2D eigenvalue weighted by Crippen LogP contribution is -2.41. The first-order chi connectivity index (χ1) is 14.2. The topological polar surface area (TPSA) is 46.5 Å². The van der Waals surface area contributed by atoms with Crippen molar-refractivity contribution < 1.29 is 9.53 Å². The van der Waals surface area contributed by atoms with Crippen LogP contribution in [0.25, 0.3) is 10.9 Å². The number of hydrogen-bond donors (Lipinski definition) is 1. The Morgan fingerprint density at radius 2 is 1.90 bits per heavy atom. The van der Waals surface area contributed by atoms with E-state index in [1.54, 1.807) is 10.8 Å². The Morgan fingerprint density at radius 1 is 1.10 bits per heavy atom. The molecule has 29 heavy (non-hydrogen) atoms. The van der Waals surface area contributed by atoms with Crippen LogP contribution in [0.4, 0.5) is 4.79 Å². The van der Waals surface area contributed by atoms with Gasteiger partial charge < -0.3 is 15.0 Å². The summed E-state index contributed by atoms with van der Waals surface area (Å²) in [6, 6.07) is 17.4. The number of piperidine rings is 1. The predicted octanol–water partition coefficient (Wildman–Crippen LogP) is 4.64. The second-order valence-corrected chi connectivity index (χ2v) is 7.97. The van der Waals surface area contributed by atoms with Gasteiger partial charge in [-0.3, -0.25) is 4.57 Å². The number of aromatic nitrogens is 1. The molecule has 0 aliphatic carbocycles. The number of likely N-dealkylation sites (tertiary alicyclic amines) is 1. The number of carbonyl (C=O) groups excluding carboxylic acids is 1. The number of carbonyl (C=O) groups is 1. The van der Waals surface area contributed by atoms with Crippen molar-refractivity contribution in [2.75, 3.05) is 32.8 Å². The van der Waals surface area contributed by atoms with E-state index in [1.165, 1.54) is 0 Å². The van der Waals surface area contributed by atoms with Crippen LogP contribution >= 0.6 is 11.6 Å². The fourth-order valence-corrected chi connectivity index (χ4v) is 3.96. The van der Waals surface area contributed by atoms with Gasteiger partial charge in [-0.1, -0.05) is 35.9 Å². The van der Waals surface area contributed by atoms with Gasteiger partial charge in [0.15, 0.2) is 0 Å². The van der Waals surface area contributed by atoms with Gasteiger partial charge >= 0.3 is 6.03 Å². The highest BCUT2D eigenvalue weighted by atomic mass is 35.5. The molecule has 0 radical (unpaired) electrons. The molecule has 1 aromatic heterocycles. The van der Waals surface area contributed by atoms with Gasteiger partial charge in [0.1, 0.15) is 5.75 Å². The number of fused-ring (bicyclic) bond motifs is 1. The van der Waals surface area contributed by atoms with Crippen molar-refractivity contribution in [1.82, 2.24) is 14.8 Å². The highest BCUT2D eigenvalue weighted by Crippen LogP contribution is 2.21. The third-order valence-electron chi connectivity index (χ3n) is 5.51. The van der Waals surface area contributed by atoms with Gasteiger partial charge in [0.05, 0.1) is 12.1 Å². The zero-order valence-electron chi connectivity index (χ0n) is 16.4. The van der Waals surface area contributed by atoms with E-state index in [4.69, 9.17) is 16.3 Å². The highest BCUT2D eigenvalue weighted by Gasteiger charge is 2.19. The van der Waals surface area contributed by atoms with Crippen LogP contribution < -0.4 is 10.1 Å². The van der Waals surface area contributed by atoms with Crippen LogP contribution in [0.3, 0.4) is 0 Å². The van der Waals surface area contributed by atoms with E-state index >= 15 is 0 Å². The van der Waals surface area contributed by atoms with E-state index in [9.17, 15) is 4.79 Å². The van der Waals surface area contributed by atoms with Crippen molar-refractivity contribution in [2.45, 2.75) is 12.8 Å². The Bertz CT molecular complexity index is 949. The molecule has 1 aliphatic heterocycles. The summed E-state index contributed by atoms with van der Waals surface area (Å²) < 4.78 is 7.51. The van der Waals surface area contributed by atoms with Crippen LogP contribution in [0.15, 0.2) is 60.8 Å². The van der Waals surface area contributed by atoms with Gasteiger partial charge in [-0.05, 0) is 62.2 Å². The number of rotatable bonds is 6. The fourth-order valence-electron chi connectivity index (χ4n) is 3.79. The molecule has 3 aromatic rings. The number of amides is 1. The first kappa shape index (κ1) is 19.8. The summed E-state index contributed by atoms with van der Waals surface area (Å²) >= 11 is 6.07. The van der Waals surface area contributed by atoms with Crippen molar-refractivity contribution in [3.05, 3.63) is 65.8 Å². The molecule has 0 saturated carbocycles. The van der Waals surface area contributed by atoms with Gasteiger partial charge in [-0.25, -0.2) is 4.79 Å². The van der Waals surface area contributed by atoms with Gasteiger partial charge in [-0.15, -0.1) is 0 Å². The predicted molar refractivity (Wildman–Crippen MR) is 117 cm³/mol. The van der Waals surface area contributed by atoms with E-state index in [1.807, 2.05) is 54.6 Å². The zero-order valence-corrected chi connectivity index (χ0v) is 17.1. The lowest BCUT2D eigenvalue weighted by atomic mass is 9.98. The minimum atomic E-state index is -0.117. The summed E-state index contributed by atoms with van der Waals surface area (Å²) in [7, 11) is 0. The Kier molecular flexibility index (Phi) is 6.37. The average Bonchev–Trinajstić information content (AvgIpc) is 3.17. The van der Waals surface area contributed by atoms with Crippen LogP contribution in [0.2, 0.25) is 5.02 Å². The Hall–Kier alpha value is -2.50. The maximum Gasteiger partial charge on any atom is 0.326 e. The van der Waals surface area contributed by atoms with Gasteiger partial charge in [0.2, 0.25) is 0 Å². The number of ether oxygens (including phenoxy) is 1. The molecule has 1 amide bonds. The van der Waals surface area contributed by atoms with Crippen molar-refractivity contribution >= 4 is 28.5 Å². The zero-order chi connectivity index (χ0) is 20.1. The van der Waals surface area contributed by atoms with Crippen LogP contribution in [0.5, 0.6) is 5.75 Å². The summed E-state index contributed by atoms with van der Waals surface area (Å²) in [6.07, 6.45) is 4.04. The Labute approximate surface area is 176 Å². The smallest absolute Gasteiger partial charge is 0.326 e. The molecule has 0 atom stereocenters. The number of nitrogens with zero attached hydrogens (tertiary/aromatic N) is 2. The molecule has 0 spiro atoms. The maximum absolute atomic E-state index is 12.5. The third kappa shape index (κ3) is 5.11. The Balaban J connectivity index is 1.18. The normalized spacial score (nSPS) is 15.5. The second-order valence-electron chi connectivity index (χ2n) is 7.53. The van der Waals surface area contributed by atoms with Gasteiger partial charge in [0.25, 0.3) is 0 Å². The maximum atomic E-state index is 12.5. The van der Waals surface area contributed by atoms with Crippen LogP contribution in [0.1, 0.15) is 12.8 Å². The van der Waals surface area contributed by atoms with Gasteiger partial charge in [0, 0.05) is 29.7 Å². The van der Waals surface area contributed by atoms with E-state index in [-0.39, 0.29) is 6.03 Å². The molecule has 2 aromatic carbocycles. The number of nitrogens with one attached hydrogen (secondary N) is 1. The minimum Gasteiger partial charge on any atom is -0.493 e. The molecule has 6 heteroatoms. The average molecular weight is 412 g/mol. The summed E-state index contributed by atoms with van der Waals surface area (Å²) in [5, 5.41) is 4.65. The fraction of sp³-hybridized carbons (Fsp3) is 0.348. The molecule has 2 heterocycles. The quantitative estimate of drug-likeness (QED) is 0.642. The summed E-state index contributed by atoms with van der Waals surface area (Å²) in [5.41, 5.74) is 0.828. The number of para-hydroxylation sites is 1. The highest BCUT2D eigenvalue weighted by molar-refractivity contribution is 6.31. The lowest BCUT2D eigenvalue weighted by Gasteiger charge is -2.31. The third-order valence-corrected chi connectivity index (χ3v) is 5.75. The molecule has 5 nitrogen and oxygen atoms in total. The largest absolute Gasteiger partial charge is 0.493 e. The van der Waals surface area contributed by atoms with Crippen molar-refractivity contribution in [1.29, 1.82) is 0 Å². The van der Waals surface area contributed by atoms with Crippen LogP contribution in [-0.2, 0) is 0 Å². The summed E-state index contributed by atoms with van der Waals surface area (Å²) in [5.74, 6) is 1.54. The number of hydrogen-bond acceptors (Lipinski definition) is 3. The first-order valence-electron chi connectivity index (χ1n) is 10.1.